The van der Waals surface area contributed by atoms with E-state index >= 15 is 0 Å². The van der Waals surface area contributed by atoms with E-state index in [0.717, 1.165) is 12.1 Å². The summed E-state index contributed by atoms with van der Waals surface area (Å²) in [7, 11) is 0. The van der Waals surface area contributed by atoms with E-state index in [0.29, 0.717) is 5.56 Å². The molecule has 0 aliphatic carbocycles. The van der Waals surface area contributed by atoms with Gasteiger partial charge in [-0.05, 0) is 29.8 Å². The summed E-state index contributed by atoms with van der Waals surface area (Å²) in [6, 6.07) is 8.03. The largest absolute Gasteiger partial charge is 0.508 e. The molecule has 0 atom stereocenters. The van der Waals surface area contributed by atoms with E-state index in [1.165, 1.54) is 18.2 Å². The van der Waals surface area contributed by atoms with Crippen molar-refractivity contribution >= 4 is 17.8 Å². The second kappa shape index (κ2) is 7.35. The number of aromatic carboxylic acids is 1. The summed E-state index contributed by atoms with van der Waals surface area (Å²) >= 11 is 0. The Hall–Kier alpha value is -3.55. The van der Waals surface area contributed by atoms with E-state index in [9.17, 15) is 24.6 Å². The first-order valence-electron chi connectivity index (χ1n) is 7.15. The van der Waals surface area contributed by atoms with Crippen LogP contribution in [-0.2, 0) is 17.8 Å². The van der Waals surface area contributed by atoms with E-state index in [2.05, 4.69) is 5.32 Å². The molecule has 0 saturated carbocycles. The maximum atomic E-state index is 12.2. The first kappa shape index (κ1) is 17.8. The second-order valence-electron chi connectivity index (χ2n) is 5.26. The molecule has 25 heavy (non-hydrogen) atoms. The normalized spacial score (nSPS) is 10.2. The highest BCUT2D eigenvalue weighted by atomic mass is 16.4. The smallest absolute Gasteiger partial charge is 0.335 e. The fourth-order valence-electron chi connectivity index (χ4n) is 2.24. The zero-order chi connectivity index (χ0) is 18.6. The number of carbonyl (C=O) groups is 3. The molecule has 0 bridgehead atoms. The van der Waals surface area contributed by atoms with Crippen LogP contribution in [0.3, 0.4) is 0 Å². The monoisotopic (exact) mass is 345 g/mol. The molecule has 0 radical (unpaired) electrons. The molecule has 130 valence electrons. The molecule has 0 aromatic heterocycles. The van der Waals surface area contributed by atoms with Crippen molar-refractivity contribution in [3.05, 3.63) is 58.7 Å². The summed E-state index contributed by atoms with van der Waals surface area (Å²) < 4.78 is 0. The van der Waals surface area contributed by atoms with E-state index in [1.807, 2.05) is 0 Å². The van der Waals surface area contributed by atoms with Gasteiger partial charge in [0.25, 0.3) is 5.91 Å². The third kappa shape index (κ3) is 4.47. The summed E-state index contributed by atoms with van der Waals surface area (Å²) in [6.07, 6.45) is -0.554. The fraction of sp³-hybridized carbons (Fsp3) is 0.118. The molecule has 0 saturated heterocycles. The zero-order valence-corrected chi connectivity index (χ0v) is 12.9. The van der Waals surface area contributed by atoms with Crippen molar-refractivity contribution in [2.45, 2.75) is 13.0 Å². The highest BCUT2D eigenvalue weighted by Crippen LogP contribution is 2.28. The number of phenols is 2. The molecule has 2 aromatic carbocycles. The lowest BCUT2D eigenvalue weighted by Gasteiger charge is -2.11. The first-order valence-corrected chi connectivity index (χ1v) is 7.15. The van der Waals surface area contributed by atoms with Crippen molar-refractivity contribution in [1.29, 1.82) is 0 Å². The first-order chi connectivity index (χ1) is 11.8. The zero-order valence-electron chi connectivity index (χ0n) is 12.9. The highest BCUT2D eigenvalue weighted by molar-refractivity contribution is 5.98. The van der Waals surface area contributed by atoms with Gasteiger partial charge in [-0.25, -0.2) is 4.79 Å². The van der Waals surface area contributed by atoms with E-state index in [1.54, 1.807) is 6.07 Å². The van der Waals surface area contributed by atoms with Gasteiger partial charge in [-0.2, -0.15) is 0 Å². The van der Waals surface area contributed by atoms with Crippen molar-refractivity contribution in [3.63, 3.8) is 0 Å². The minimum Gasteiger partial charge on any atom is -0.508 e. The molecule has 5 N–H and O–H groups in total. The van der Waals surface area contributed by atoms with Crippen molar-refractivity contribution in [2.75, 3.05) is 0 Å². The van der Waals surface area contributed by atoms with Gasteiger partial charge >= 0.3 is 11.9 Å². The molecule has 2 aromatic rings. The van der Waals surface area contributed by atoms with E-state index < -0.39 is 30.0 Å². The fourth-order valence-corrected chi connectivity index (χ4v) is 2.24. The summed E-state index contributed by atoms with van der Waals surface area (Å²) in [5.74, 6) is -3.94. The van der Waals surface area contributed by atoms with Crippen LogP contribution in [-0.4, -0.2) is 38.3 Å². The molecule has 1 amide bonds. The Kier molecular flexibility index (Phi) is 5.23. The number of aromatic hydroxyl groups is 2. The number of nitrogens with one attached hydrogen (secondary N) is 1. The Bertz CT molecular complexity index is 845. The molecule has 0 aliphatic heterocycles. The van der Waals surface area contributed by atoms with Crippen molar-refractivity contribution in [2.24, 2.45) is 0 Å². The van der Waals surface area contributed by atoms with Gasteiger partial charge in [0.15, 0.2) is 0 Å². The van der Waals surface area contributed by atoms with Gasteiger partial charge in [-0.15, -0.1) is 0 Å². The van der Waals surface area contributed by atoms with Gasteiger partial charge in [0.05, 0.1) is 17.5 Å². The third-order valence-corrected chi connectivity index (χ3v) is 3.39. The number of phenolic OH excluding ortho intramolecular Hbond substituents is 2. The van der Waals surface area contributed by atoms with Crippen LogP contribution in [0, 0.1) is 0 Å². The van der Waals surface area contributed by atoms with Crippen LogP contribution in [0.1, 0.15) is 31.8 Å². The summed E-state index contributed by atoms with van der Waals surface area (Å²) in [5.41, 5.74) is 0.227. The molecule has 0 fully saturated rings. The van der Waals surface area contributed by atoms with Crippen molar-refractivity contribution < 1.29 is 34.8 Å². The summed E-state index contributed by atoms with van der Waals surface area (Å²) in [4.78, 5) is 33.9. The molecule has 2 rings (SSSR count). The Morgan fingerprint density at radius 3 is 2.36 bits per heavy atom. The number of benzene rings is 2. The molecule has 0 spiro atoms. The van der Waals surface area contributed by atoms with Crippen LogP contribution in [0.5, 0.6) is 11.5 Å². The van der Waals surface area contributed by atoms with Gasteiger partial charge in [0.2, 0.25) is 0 Å². The van der Waals surface area contributed by atoms with Crippen molar-refractivity contribution in [1.82, 2.24) is 5.32 Å². The second-order valence-corrected chi connectivity index (χ2v) is 5.26. The maximum Gasteiger partial charge on any atom is 0.335 e. The van der Waals surface area contributed by atoms with Crippen LogP contribution in [0.4, 0.5) is 0 Å². The van der Waals surface area contributed by atoms with Crippen LogP contribution < -0.4 is 5.32 Å². The Labute approximate surface area is 142 Å². The predicted octanol–water partition coefficient (Wildman–Crippen LogP) is 1.35. The number of hydrogen-bond donors (Lipinski definition) is 5. The quantitative estimate of drug-likeness (QED) is 0.497. The topological polar surface area (TPSA) is 144 Å². The number of hydrogen-bond acceptors (Lipinski definition) is 5. The Balaban J connectivity index is 2.18. The highest BCUT2D eigenvalue weighted by Gasteiger charge is 2.18. The van der Waals surface area contributed by atoms with Crippen molar-refractivity contribution in [3.8, 4) is 11.5 Å². The van der Waals surface area contributed by atoms with Gasteiger partial charge in [-0.1, -0.05) is 12.1 Å². The number of aliphatic carboxylic acids is 1. The van der Waals surface area contributed by atoms with Gasteiger partial charge in [0.1, 0.15) is 11.5 Å². The number of carboxylic acids is 2. The average molecular weight is 345 g/mol. The number of carboxylic acid groups (broad SMARTS) is 2. The van der Waals surface area contributed by atoms with Crippen LogP contribution in [0.2, 0.25) is 0 Å². The van der Waals surface area contributed by atoms with Gasteiger partial charge in [0, 0.05) is 12.1 Å². The molecular weight excluding hydrogens is 330 g/mol. The maximum absolute atomic E-state index is 12.2. The third-order valence-electron chi connectivity index (χ3n) is 3.39. The minimum absolute atomic E-state index is 0.0106. The van der Waals surface area contributed by atoms with Crippen LogP contribution >= 0.6 is 0 Å². The van der Waals surface area contributed by atoms with E-state index in [-0.39, 0.29) is 29.0 Å². The van der Waals surface area contributed by atoms with Crippen LogP contribution in [0.25, 0.3) is 0 Å². The molecular formula is C17H15NO7. The molecule has 8 heteroatoms. The minimum atomic E-state index is -1.22. The SMILES string of the molecule is O=C(O)Cc1cc(O)cc(C(=O)NCc2cccc(C(=O)O)c2)c1O. The number of rotatable bonds is 6. The lowest BCUT2D eigenvalue weighted by molar-refractivity contribution is -0.136. The van der Waals surface area contributed by atoms with Crippen LogP contribution in [0.15, 0.2) is 36.4 Å². The lowest BCUT2D eigenvalue weighted by atomic mass is 10.0. The Morgan fingerprint density at radius 1 is 1.00 bits per heavy atom. The standard InChI is InChI=1S/C17H15NO7/c19-12-5-11(6-14(20)21)15(22)13(7-12)16(23)18-8-9-2-1-3-10(4-9)17(24)25/h1-5,7,19,22H,6,8H2,(H,18,23)(H,20,21)(H,24,25). The predicted molar refractivity (Wildman–Crippen MR) is 85.7 cm³/mol. The molecule has 8 nitrogen and oxygen atoms in total. The Morgan fingerprint density at radius 2 is 1.72 bits per heavy atom. The van der Waals surface area contributed by atoms with E-state index in [4.69, 9.17) is 10.2 Å². The number of amides is 1. The molecule has 0 unspecified atom stereocenters. The summed E-state index contributed by atoms with van der Waals surface area (Å²) in [5, 5.41) is 39.9. The molecule has 0 heterocycles. The molecule has 0 aliphatic rings. The lowest BCUT2D eigenvalue weighted by Crippen LogP contribution is -2.23. The van der Waals surface area contributed by atoms with Gasteiger partial charge in [-0.3, -0.25) is 9.59 Å². The van der Waals surface area contributed by atoms with Gasteiger partial charge < -0.3 is 25.7 Å². The summed E-state index contributed by atoms with van der Waals surface area (Å²) in [6.45, 7) is -0.0106. The average Bonchev–Trinajstić information content (AvgIpc) is 2.55. The number of carbonyl (C=O) groups excluding carboxylic acids is 1.